The summed E-state index contributed by atoms with van der Waals surface area (Å²) >= 11 is 0. The lowest BCUT2D eigenvalue weighted by molar-refractivity contribution is 0.842. The molecule has 0 radical (unpaired) electrons. The highest BCUT2D eigenvalue weighted by atomic mass is 15.4. The Kier molecular flexibility index (Phi) is 6.33. The SMILES string of the molecule is C1=CC2=NC(N3c4ccccc4N(c4ncc5ccccc5n4)c4ccc(-n5c6cc7ccccc7cc6c6cc7ccccc7cc65)cc43)=NCC2C=C1. The largest absolute Gasteiger partial charge is 0.309 e. The molecule has 2 aliphatic heterocycles. The number of guanidine groups is 1. The zero-order valence-electron chi connectivity index (χ0n) is 29.6. The molecule has 1 unspecified atom stereocenters. The van der Waals surface area contributed by atoms with Gasteiger partial charge in [-0.15, -0.1) is 0 Å². The van der Waals surface area contributed by atoms with Gasteiger partial charge in [-0.05, 0) is 88.3 Å². The van der Waals surface area contributed by atoms with Crippen molar-refractivity contribution in [3.05, 3.63) is 170 Å². The molecule has 258 valence electrons. The number of allylic oxidation sites excluding steroid dienone is 3. The van der Waals surface area contributed by atoms with E-state index in [1.54, 1.807) is 0 Å². The first-order chi connectivity index (χ1) is 27.2. The number of aromatic nitrogens is 3. The summed E-state index contributed by atoms with van der Waals surface area (Å²) in [6.07, 6.45) is 10.3. The highest BCUT2D eigenvalue weighted by molar-refractivity contribution is 6.20. The summed E-state index contributed by atoms with van der Waals surface area (Å²) in [5.41, 5.74) is 9.05. The predicted octanol–water partition coefficient (Wildman–Crippen LogP) is 11.5. The van der Waals surface area contributed by atoms with Crippen LogP contribution in [-0.2, 0) is 0 Å². The number of aliphatic imine (C=N–C) groups is 2. The van der Waals surface area contributed by atoms with Gasteiger partial charge in [0.25, 0.3) is 0 Å². The van der Waals surface area contributed by atoms with Gasteiger partial charge in [-0.2, -0.15) is 0 Å². The lowest BCUT2D eigenvalue weighted by Gasteiger charge is -2.39. The van der Waals surface area contributed by atoms with E-state index in [0.717, 1.165) is 56.1 Å². The summed E-state index contributed by atoms with van der Waals surface area (Å²) in [6, 6.07) is 49.8. The Balaban J connectivity index is 1.15. The van der Waals surface area contributed by atoms with E-state index < -0.39 is 0 Å². The lowest BCUT2D eigenvalue weighted by atomic mass is 9.97. The van der Waals surface area contributed by atoms with Crippen molar-refractivity contribution in [1.82, 2.24) is 14.5 Å². The molecule has 1 aliphatic carbocycles. The average molecular weight is 706 g/mol. The number of benzene rings is 7. The maximum atomic E-state index is 5.22. The van der Waals surface area contributed by atoms with Gasteiger partial charge < -0.3 is 4.57 Å². The van der Waals surface area contributed by atoms with Crippen molar-refractivity contribution in [1.29, 1.82) is 0 Å². The second-order valence-corrected chi connectivity index (χ2v) is 14.4. The highest BCUT2D eigenvalue weighted by Gasteiger charge is 2.35. The van der Waals surface area contributed by atoms with E-state index in [2.05, 4.69) is 154 Å². The number of para-hydroxylation sites is 3. The topological polar surface area (TPSA) is 61.9 Å². The number of nitrogens with zero attached hydrogens (tertiary/aromatic N) is 7. The molecule has 1 atom stereocenters. The Morgan fingerprint density at radius 3 is 1.89 bits per heavy atom. The van der Waals surface area contributed by atoms with Crippen molar-refractivity contribution < 1.29 is 0 Å². The summed E-state index contributed by atoms with van der Waals surface area (Å²) in [6.45, 7) is 0.632. The molecule has 0 fully saturated rings. The van der Waals surface area contributed by atoms with Gasteiger partial charge in [-0.3, -0.25) is 9.80 Å². The first-order valence-electron chi connectivity index (χ1n) is 18.6. The minimum atomic E-state index is 0.171. The standard InChI is InChI=1S/C48H31N7/c1-3-13-32-25-44-37(23-30(32)11-1)38-24-31-12-2-4-14-33(31)26-45(38)53(44)36-21-22-43-46(27-36)55(48-50-29-35-16-6-8-18-40(35)52-48)42-20-10-9-19-41(42)54(43)47-49-28-34-15-5-7-17-39(34)51-47/h1-28,35H,29H2. The van der Waals surface area contributed by atoms with Crippen molar-refractivity contribution in [2.24, 2.45) is 15.9 Å². The van der Waals surface area contributed by atoms with Gasteiger partial charge in [0.05, 0.1) is 51.6 Å². The zero-order chi connectivity index (χ0) is 36.0. The van der Waals surface area contributed by atoms with E-state index in [0.29, 0.717) is 18.5 Å². The summed E-state index contributed by atoms with van der Waals surface area (Å²) in [4.78, 5) is 24.8. The number of rotatable bonds is 2. The first-order valence-corrected chi connectivity index (χ1v) is 18.6. The van der Waals surface area contributed by atoms with E-state index in [4.69, 9.17) is 20.0 Å². The number of hydrogen-bond donors (Lipinski definition) is 0. The molecule has 7 aromatic carbocycles. The molecule has 0 saturated carbocycles. The van der Waals surface area contributed by atoms with Gasteiger partial charge in [0, 0.05) is 34.0 Å². The van der Waals surface area contributed by atoms with Crippen molar-refractivity contribution in [3.63, 3.8) is 0 Å². The molecule has 3 aliphatic rings. The van der Waals surface area contributed by atoms with Crippen LogP contribution in [0.5, 0.6) is 0 Å². The number of fused-ring (bicyclic) bond motifs is 9. The molecule has 7 nitrogen and oxygen atoms in total. The third-order valence-corrected chi connectivity index (χ3v) is 11.2. The molecule has 12 rings (SSSR count). The Bertz CT molecular complexity index is 3130. The number of hydrogen-bond acceptors (Lipinski definition) is 6. The van der Waals surface area contributed by atoms with Crippen molar-refractivity contribution >= 4 is 94.6 Å². The third-order valence-electron chi connectivity index (χ3n) is 11.2. The summed E-state index contributed by atoms with van der Waals surface area (Å²) in [5.74, 6) is 1.44. The van der Waals surface area contributed by atoms with Crippen LogP contribution in [0.1, 0.15) is 0 Å². The van der Waals surface area contributed by atoms with Crippen LogP contribution in [0.25, 0.3) is 59.9 Å². The Labute approximate surface area is 316 Å². The zero-order valence-corrected chi connectivity index (χ0v) is 29.6. The molecule has 7 heteroatoms. The van der Waals surface area contributed by atoms with Crippen molar-refractivity contribution in [3.8, 4) is 5.69 Å². The van der Waals surface area contributed by atoms with E-state index in [9.17, 15) is 0 Å². The normalized spacial score (nSPS) is 16.1. The van der Waals surface area contributed by atoms with Crippen LogP contribution < -0.4 is 9.80 Å². The van der Waals surface area contributed by atoms with E-state index in [1.165, 1.54) is 32.3 Å². The fourth-order valence-corrected chi connectivity index (χ4v) is 8.59. The molecule has 55 heavy (non-hydrogen) atoms. The highest BCUT2D eigenvalue weighted by Crippen LogP contribution is 2.52. The minimum absolute atomic E-state index is 0.171. The molecule has 2 aromatic heterocycles. The molecule has 0 amide bonds. The maximum Gasteiger partial charge on any atom is 0.235 e. The fraction of sp³-hybridized carbons (Fsp3) is 0.0417. The lowest BCUT2D eigenvalue weighted by Crippen LogP contribution is -2.35. The van der Waals surface area contributed by atoms with Crippen LogP contribution in [0, 0.1) is 5.92 Å². The molecule has 4 heterocycles. The Morgan fingerprint density at radius 1 is 0.545 bits per heavy atom. The molecular formula is C48H31N7. The molecule has 9 aromatic rings. The first kappa shape index (κ1) is 30.1. The van der Waals surface area contributed by atoms with Gasteiger partial charge >= 0.3 is 0 Å². The molecular weight excluding hydrogens is 675 g/mol. The number of anilines is 5. The van der Waals surface area contributed by atoms with Crippen LogP contribution in [0.15, 0.2) is 180 Å². The monoisotopic (exact) mass is 705 g/mol. The van der Waals surface area contributed by atoms with Crippen LogP contribution in [-0.4, -0.2) is 32.8 Å². The Hall–Kier alpha value is -7.38. The van der Waals surface area contributed by atoms with Crippen LogP contribution in [0.4, 0.5) is 28.7 Å². The van der Waals surface area contributed by atoms with Gasteiger partial charge in [-0.1, -0.05) is 97.1 Å². The molecule has 0 bridgehead atoms. The van der Waals surface area contributed by atoms with E-state index in [-0.39, 0.29) is 5.92 Å². The van der Waals surface area contributed by atoms with Gasteiger partial charge in [0.15, 0.2) is 0 Å². The van der Waals surface area contributed by atoms with Crippen LogP contribution in [0.2, 0.25) is 0 Å². The minimum Gasteiger partial charge on any atom is -0.309 e. The average Bonchev–Trinajstić information content (AvgIpc) is 3.54. The van der Waals surface area contributed by atoms with E-state index >= 15 is 0 Å². The third kappa shape index (κ3) is 4.56. The van der Waals surface area contributed by atoms with Crippen LogP contribution >= 0.6 is 0 Å². The van der Waals surface area contributed by atoms with Gasteiger partial charge in [-0.25, -0.2) is 20.0 Å². The van der Waals surface area contributed by atoms with E-state index in [1.807, 2.05) is 30.5 Å². The predicted molar refractivity (Wildman–Crippen MR) is 227 cm³/mol. The molecule has 0 N–H and O–H groups in total. The van der Waals surface area contributed by atoms with Crippen molar-refractivity contribution in [2.75, 3.05) is 16.3 Å². The fourth-order valence-electron chi connectivity index (χ4n) is 8.59. The Morgan fingerprint density at radius 2 is 1.16 bits per heavy atom. The second kappa shape index (κ2) is 11.6. The maximum absolute atomic E-state index is 5.22. The summed E-state index contributed by atoms with van der Waals surface area (Å²) in [5, 5.41) is 8.29. The molecule has 0 saturated heterocycles. The smallest absolute Gasteiger partial charge is 0.235 e. The summed E-state index contributed by atoms with van der Waals surface area (Å²) < 4.78 is 2.42. The van der Waals surface area contributed by atoms with Gasteiger partial charge in [0.1, 0.15) is 0 Å². The quantitative estimate of drug-likeness (QED) is 0.180. The van der Waals surface area contributed by atoms with Gasteiger partial charge in [0.2, 0.25) is 11.9 Å². The molecule has 0 spiro atoms. The van der Waals surface area contributed by atoms with Crippen molar-refractivity contribution in [2.45, 2.75) is 0 Å². The van der Waals surface area contributed by atoms with Crippen LogP contribution in [0.3, 0.4) is 0 Å². The second-order valence-electron chi connectivity index (χ2n) is 14.4. The summed E-state index contributed by atoms with van der Waals surface area (Å²) in [7, 11) is 0.